The van der Waals surface area contributed by atoms with Gasteiger partial charge in [-0.1, -0.05) is 0 Å². The number of nitrogens with one attached hydrogen (secondary N) is 1. The van der Waals surface area contributed by atoms with Gasteiger partial charge in [0.05, 0.1) is 12.6 Å². The lowest BCUT2D eigenvalue weighted by molar-refractivity contribution is -0.330. The molecular formula is C29H41NO17. The maximum atomic E-state index is 12.4. The first-order valence-electron chi connectivity index (χ1n) is 14.6. The first-order chi connectivity index (χ1) is 21.9. The van der Waals surface area contributed by atoms with Crippen molar-refractivity contribution in [3.05, 3.63) is 0 Å². The van der Waals surface area contributed by atoms with Crippen LogP contribution in [0.2, 0.25) is 0 Å². The zero-order valence-electron chi connectivity index (χ0n) is 27.3. The van der Waals surface area contributed by atoms with Crippen LogP contribution < -0.4 is 5.32 Å². The second kappa shape index (κ2) is 17.6. The van der Waals surface area contributed by atoms with Gasteiger partial charge in [0.15, 0.2) is 30.7 Å². The van der Waals surface area contributed by atoms with Crippen LogP contribution in [0.4, 0.5) is 0 Å². The zero-order chi connectivity index (χ0) is 35.6. The molecule has 0 aromatic rings. The third-order valence-corrected chi connectivity index (χ3v) is 6.82. The third-order valence-electron chi connectivity index (χ3n) is 6.82. The molecule has 18 nitrogen and oxygen atoms in total. The lowest BCUT2D eigenvalue weighted by atomic mass is 9.78. The topological polar surface area (TPSA) is 232 Å². The monoisotopic (exact) mass is 675 g/mol. The number of hydrogen-bond acceptors (Lipinski definition) is 17. The number of carbonyl (C=O) groups is 8. The smallest absolute Gasteiger partial charge is 0.303 e. The highest BCUT2D eigenvalue weighted by atomic mass is 16.7. The first kappa shape index (κ1) is 38.9. The highest BCUT2D eigenvalue weighted by molar-refractivity contribution is 5.73. The van der Waals surface area contributed by atoms with E-state index in [1.54, 1.807) is 0 Å². The average Bonchev–Trinajstić information content (AvgIpc) is 2.91. The van der Waals surface area contributed by atoms with Crippen molar-refractivity contribution in [2.45, 2.75) is 117 Å². The van der Waals surface area contributed by atoms with Gasteiger partial charge in [0.1, 0.15) is 24.9 Å². The zero-order valence-corrected chi connectivity index (χ0v) is 27.3. The Morgan fingerprint density at radius 1 is 0.553 bits per heavy atom. The highest BCUT2D eigenvalue weighted by Gasteiger charge is 2.57. The molecule has 0 radical (unpaired) electrons. The van der Waals surface area contributed by atoms with Crippen molar-refractivity contribution in [1.29, 1.82) is 0 Å². The van der Waals surface area contributed by atoms with E-state index in [0.29, 0.717) is 0 Å². The van der Waals surface area contributed by atoms with Gasteiger partial charge in [0.2, 0.25) is 5.91 Å². The fourth-order valence-electron chi connectivity index (χ4n) is 5.37. The van der Waals surface area contributed by atoms with E-state index < -0.39 is 115 Å². The van der Waals surface area contributed by atoms with E-state index in [1.165, 1.54) is 6.92 Å². The van der Waals surface area contributed by atoms with Gasteiger partial charge in [0, 0.05) is 61.3 Å². The lowest BCUT2D eigenvalue weighted by Gasteiger charge is -2.49. The summed E-state index contributed by atoms with van der Waals surface area (Å²) in [5.74, 6) is -7.04. The molecule has 0 spiro atoms. The van der Waals surface area contributed by atoms with Crippen LogP contribution in [-0.2, 0) is 81.0 Å². The molecular weight excluding hydrogens is 634 g/mol. The number of ether oxygens (including phenoxy) is 9. The van der Waals surface area contributed by atoms with Crippen molar-refractivity contribution in [2.75, 3.05) is 13.2 Å². The number of amides is 1. The summed E-state index contributed by atoms with van der Waals surface area (Å²) in [7, 11) is 0. The molecule has 1 heterocycles. The molecule has 1 saturated heterocycles. The molecule has 2 fully saturated rings. The predicted octanol–water partition coefficient (Wildman–Crippen LogP) is -0.594. The molecule has 2 aliphatic rings. The molecule has 0 bridgehead atoms. The Morgan fingerprint density at radius 3 is 1.51 bits per heavy atom. The van der Waals surface area contributed by atoms with Crippen LogP contribution in [0.15, 0.2) is 0 Å². The van der Waals surface area contributed by atoms with Crippen molar-refractivity contribution in [3.63, 3.8) is 0 Å². The summed E-state index contributed by atoms with van der Waals surface area (Å²) in [6, 6.07) is -1.13. The molecule has 10 atom stereocenters. The molecule has 0 unspecified atom stereocenters. The molecule has 0 aromatic carbocycles. The Kier molecular flexibility index (Phi) is 14.5. The van der Waals surface area contributed by atoms with Crippen LogP contribution in [0.3, 0.4) is 0 Å². The van der Waals surface area contributed by atoms with Gasteiger partial charge in [-0.05, 0) is 6.42 Å². The molecule has 1 N–H and O–H groups in total. The van der Waals surface area contributed by atoms with Crippen LogP contribution >= 0.6 is 0 Å². The summed E-state index contributed by atoms with van der Waals surface area (Å²) in [6.07, 6.45) is -12.1. The molecule has 1 saturated carbocycles. The molecule has 47 heavy (non-hydrogen) atoms. The van der Waals surface area contributed by atoms with E-state index in [1.807, 2.05) is 0 Å². The molecule has 18 heteroatoms. The van der Waals surface area contributed by atoms with E-state index in [4.69, 9.17) is 42.6 Å². The Bertz CT molecular complexity index is 1200. The fourth-order valence-corrected chi connectivity index (χ4v) is 5.37. The van der Waals surface area contributed by atoms with Crippen LogP contribution in [0.5, 0.6) is 0 Å². The van der Waals surface area contributed by atoms with Gasteiger partial charge >= 0.3 is 41.8 Å². The Hall–Kier alpha value is -4.32. The van der Waals surface area contributed by atoms with Gasteiger partial charge in [-0.25, -0.2) is 0 Å². The minimum absolute atomic E-state index is 0.0752. The van der Waals surface area contributed by atoms with E-state index in [9.17, 15) is 38.4 Å². The summed E-state index contributed by atoms with van der Waals surface area (Å²) in [5, 5.41) is 2.68. The van der Waals surface area contributed by atoms with Crippen molar-refractivity contribution >= 4 is 47.7 Å². The van der Waals surface area contributed by atoms with Gasteiger partial charge in [0.25, 0.3) is 0 Å². The molecule has 1 aliphatic heterocycles. The third kappa shape index (κ3) is 12.1. The molecule has 1 amide bonds. The van der Waals surface area contributed by atoms with Crippen molar-refractivity contribution in [3.8, 4) is 0 Å². The van der Waals surface area contributed by atoms with Crippen LogP contribution in [0.25, 0.3) is 0 Å². The molecule has 1 aliphatic carbocycles. The quantitative estimate of drug-likeness (QED) is 0.201. The van der Waals surface area contributed by atoms with E-state index in [-0.39, 0.29) is 13.0 Å². The van der Waals surface area contributed by atoms with Crippen LogP contribution in [-0.4, -0.2) is 116 Å². The highest BCUT2D eigenvalue weighted by Crippen LogP contribution is 2.37. The fraction of sp³-hybridized carbons (Fsp3) is 0.724. The SMILES string of the molecule is CC(=O)N[C@@H]1[C@H](COC(C)=O)C[C@H](OC(C)=O)[C@@H](OC(C)=O)[C@@H]1O[C@@H]1O[C@H](COC(C)=O)[C@@H](OC(C)=O)[C@H](OC(C)=O)[C@H]1OC(C)=O. The second-order valence-corrected chi connectivity index (χ2v) is 10.9. The largest absolute Gasteiger partial charge is 0.465 e. The van der Waals surface area contributed by atoms with Crippen LogP contribution in [0, 0.1) is 5.92 Å². The number of carbonyl (C=O) groups excluding carboxylic acids is 8. The minimum Gasteiger partial charge on any atom is -0.465 e. The van der Waals surface area contributed by atoms with E-state index >= 15 is 0 Å². The second-order valence-electron chi connectivity index (χ2n) is 10.9. The number of hydrogen-bond donors (Lipinski definition) is 1. The van der Waals surface area contributed by atoms with E-state index in [2.05, 4.69) is 5.32 Å². The van der Waals surface area contributed by atoms with Crippen LogP contribution in [0.1, 0.15) is 61.8 Å². The summed E-state index contributed by atoms with van der Waals surface area (Å²) in [4.78, 5) is 96.9. The van der Waals surface area contributed by atoms with Gasteiger partial charge in [-0.15, -0.1) is 0 Å². The van der Waals surface area contributed by atoms with Gasteiger partial charge < -0.3 is 47.9 Å². The number of esters is 7. The number of rotatable bonds is 12. The maximum Gasteiger partial charge on any atom is 0.303 e. The lowest BCUT2D eigenvalue weighted by Crippen LogP contribution is -2.67. The maximum absolute atomic E-state index is 12.4. The average molecular weight is 676 g/mol. The standard InChI is InChI=1S/C29H41NO17/c1-12(31)30-23-20(10-39-13(2)32)9-21(41-15(4)34)24(42-16(5)35)26(23)47-29-28(45-19(8)38)27(44-18(7)37)25(43-17(6)36)22(46-29)11-40-14(3)33/h20-29H,9-11H2,1-8H3,(H,30,31)/t20-,21-,22+,23+,24+,25+,26+,27-,28+,29-/m0/s1. The van der Waals surface area contributed by atoms with Gasteiger partial charge in [-0.3, -0.25) is 38.4 Å². The minimum atomic E-state index is -1.76. The molecule has 2 rings (SSSR count). The van der Waals surface area contributed by atoms with Gasteiger partial charge in [-0.2, -0.15) is 0 Å². The summed E-state index contributed by atoms with van der Waals surface area (Å²) in [6.45, 7) is 7.90. The summed E-state index contributed by atoms with van der Waals surface area (Å²) < 4.78 is 50.0. The molecule has 0 aromatic heterocycles. The predicted molar refractivity (Wildman–Crippen MR) is 150 cm³/mol. The normalized spacial score (nSPS) is 30.0. The molecule has 264 valence electrons. The summed E-state index contributed by atoms with van der Waals surface area (Å²) in [5.41, 5.74) is 0. The van der Waals surface area contributed by atoms with Crippen molar-refractivity contribution in [2.24, 2.45) is 5.92 Å². The van der Waals surface area contributed by atoms with Crippen molar-refractivity contribution < 1.29 is 81.0 Å². The summed E-state index contributed by atoms with van der Waals surface area (Å²) >= 11 is 0. The Labute approximate surface area is 270 Å². The first-order valence-corrected chi connectivity index (χ1v) is 14.6. The van der Waals surface area contributed by atoms with E-state index in [0.717, 1.165) is 48.5 Å². The van der Waals surface area contributed by atoms with Crippen molar-refractivity contribution in [1.82, 2.24) is 5.32 Å². The Balaban J connectivity index is 2.75. The Morgan fingerprint density at radius 2 is 1.02 bits per heavy atom.